The highest BCUT2D eigenvalue weighted by molar-refractivity contribution is 6.32. The minimum Gasteiger partial charge on any atom is -0.495 e. The topological polar surface area (TPSA) is 53.2 Å². The second-order valence-electron chi connectivity index (χ2n) is 3.48. The maximum atomic E-state index is 9.95. The average molecular weight is 240 g/mol. The van der Waals surface area contributed by atoms with Gasteiger partial charge in [-0.25, -0.2) is 0 Å². The quantitative estimate of drug-likeness (QED) is 0.879. The zero-order chi connectivity index (χ0) is 12.1. The van der Waals surface area contributed by atoms with Gasteiger partial charge in [-0.05, 0) is 24.1 Å². The maximum absolute atomic E-state index is 9.95. The van der Waals surface area contributed by atoms with Crippen LogP contribution in [-0.2, 0) is 0 Å². The van der Waals surface area contributed by atoms with E-state index in [1.54, 1.807) is 18.2 Å². The standard InChI is InChI=1S/C12H14ClNO2/c1-3-8(7-14)12(15)9-4-5-11(16-2)10(13)6-9/h4-6,8,12,15H,3H2,1-2H3. The SMILES string of the molecule is CCC(C#N)C(O)c1ccc(OC)c(Cl)c1. The first-order valence-electron chi connectivity index (χ1n) is 5.05. The highest BCUT2D eigenvalue weighted by atomic mass is 35.5. The van der Waals surface area contributed by atoms with Crippen LogP contribution in [0.15, 0.2) is 18.2 Å². The van der Waals surface area contributed by atoms with Crippen molar-refractivity contribution in [1.82, 2.24) is 0 Å². The van der Waals surface area contributed by atoms with Gasteiger partial charge in [-0.2, -0.15) is 5.26 Å². The van der Waals surface area contributed by atoms with Gasteiger partial charge < -0.3 is 9.84 Å². The molecule has 4 heteroatoms. The van der Waals surface area contributed by atoms with E-state index >= 15 is 0 Å². The van der Waals surface area contributed by atoms with Gasteiger partial charge in [0, 0.05) is 0 Å². The van der Waals surface area contributed by atoms with Gasteiger partial charge in [-0.1, -0.05) is 24.6 Å². The third-order valence-corrected chi connectivity index (χ3v) is 2.80. The Morgan fingerprint density at radius 1 is 1.56 bits per heavy atom. The van der Waals surface area contributed by atoms with Crippen molar-refractivity contribution >= 4 is 11.6 Å². The highest BCUT2D eigenvalue weighted by Gasteiger charge is 2.19. The number of hydrogen-bond donors (Lipinski definition) is 1. The lowest BCUT2D eigenvalue weighted by Gasteiger charge is -2.16. The van der Waals surface area contributed by atoms with Crippen molar-refractivity contribution in [2.24, 2.45) is 5.92 Å². The number of nitriles is 1. The van der Waals surface area contributed by atoms with Crippen molar-refractivity contribution in [2.45, 2.75) is 19.4 Å². The molecule has 0 aromatic heterocycles. The molecule has 2 atom stereocenters. The lowest BCUT2D eigenvalue weighted by atomic mass is 9.95. The number of ether oxygens (including phenoxy) is 1. The minimum absolute atomic E-state index is 0.413. The number of hydrogen-bond acceptors (Lipinski definition) is 3. The summed E-state index contributed by atoms with van der Waals surface area (Å²) in [6.45, 7) is 1.86. The van der Waals surface area contributed by atoms with Gasteiger partial charge in [-0.15, -0.1) is 0 Å². The van der Waals surface area contributed by atoms with E-state index in [1.807, 2.05) is 6.92 Å². The molecule has 0 bridgehead atoms. The number of nitrogens with zero attached hydrogens (tertiary/aromatic N) is 1. The number of aliphatic hydroxyl groups is 1. The Labute approximate surface area is 100 Å². The lowest BCUT2D eigenvalue weighted by Crippen LogP contribution is -2.09. The Bertz CT molecular complexity index is 400. The lowest BCUT2D eigenvalue weighted by molar-refractivity contribution is 0.132. The van der Waals surface area contributed by atoms with E-state index in [1.165, 1.54) is 7.11 Å². The van der Waals surface area contributed by atoms with E-state index < -0.39 is 12.0 Å². The van der Waals surface area contributed by atoms with Crippen LogP contribution < -0.4 is 4.74 Å². The fourth-order valence-electron chi connectivity index (χ4n) is 1.48. The molecule has 0 spiro atoms. The molecule has 0 saturated heterocycles. The maximum Gasteiger partial charge on any atom is 0.137 e. The molecule has 0 heterocycles. The summed E-state index contributed by atoms with van der Waals surface area (Å²) in [5, 5.41) is 19.2. The second kappa shape index (κ2) is 5.74. The molecule has 1 aromatic rings. The predicted molar refractivity (Wildman–Crippen MR) is 62.4 cm³/mol. The molecular formula is C12H14ClNO2. The van der Waals surface area contributed by atoms with Crippen molar-refractivity contribution in [1.29, 1.82) is 5.26 Å². The fraction of sp³-hybridized carbons (Fsp3) is 0.417. The third kappa shape index (κ3) is 2.66. The number of benzene rings is 1. The van der Waals surface area contributed by atoms with Crippen molar-refractivity contribution in [3.05, 3.63) is 28.8 Å². The van der Waals surface area contributed by atoms with Crippen molar-refractivity contribution < 1.29 is 9.84 Å². The molecule has 0 fully saturated rings. The fourth-order valence-corrected chi connectivity index (χ4v) is 1.75. The molecule has 0 radical (unpaired) electrons. The average Bonchev–Trinajstić information content (AvgIpc) is 2.30. The van der Waals surface area contributed by atoms with Crippen LogP contribution in [0.5, 0.6) is 5.75 Å². The van der Waals surface area contributed by atoms with E-state index in [0.717, 1.165) is 0 Å². The Morgan fingerprint density at radius 3 is 2.69 bits per heavy atom. The summed E-state index contributed by atoms with van der Waals surface area (Å²) >= 11 is 5.95. The van der Waals surface area contributed by atoms with Crippen LogP contribution in [0.3, 0.4) is 0 Å². The zero-order valence-corrected chi connectivity index (χ0v) is 10.0. The predicted octanol–water partition coefficient (Wildman–Crippen LogP) is 2.93. The van der Waals surface area contributed by atoms with Gasteiger partial charge in [0.25, 0.3) is 0 Å². The smallest absolute Gasteiger partial charge is 0.137 e. The first-order chi connectivity index (χ1) is 7.63. The molecular weight excluding hydrogens is 226 g/mol. The highest BCUT2D eigenvalue weighted by Crippen LogP contribution is 2.31. The molecule has 0 aliphatic carbocycles. The van der Waals surface area contributed by atoms with E-state index in [9.17, 15) is 5.11 Å². The normalized spacial score (nSPS) is 13.9. The molecule has 0 aliphatic rings. The summed E-state index contributed by atoms with van der Waals surface area (Å²) in [5.41, 5.74) is 0.638. The van der Waals surface area contributed by atoms with Gasteiger partial charge in [0.2, 0.25) is 0 Å². The van der Waals surface area contributed by atoms with Crippen LogP contribution in [0.25, 0.3) is 0 Å². The molecule has 1 rings (SSSR count). The van der Waals surface area contributed by atoms with Crippen molar-refractivity contribution in [2.75, 3.05) is 7.11 Å². The summed E-state index contributed by atoms with van der Waals surface area (Å²) < 4.78 is 5.01. The molecule has 2 unspecified atom stereocenters. The molecule has 0 saturated carbocycles. The largest absolute Gasteiger partial charge is 0.495 e. The van der Waals surface area contributed by atoms with E-state index in [4.69, 9.17) is 21.6 Å². The number of rotatable bonds is 4. The number of halogens is 1. The van der Waals surface area contributed by atoms with E-state index in [-0.39, 0.29) is 0 Å². The molecule has 1 N–H and O–H groups in total. The summed E-state index contributed by atoms with van der Waals surface area (Å²) in [7, 11) is 1.53. The van der Waals surface area contributed by atoms with Crippen LogP contribution in [0.2, 0.25) is 5.02 Å². The molecule has 1 aromatic carbocycles. The van der Waals surface area contributed by atoms with Gasteiger partial charge in [0.05, 0.1) is 30.2 Å². The Hall–Kier alpha value is -1.24. The Morgan fingerprint density at radius 2 is 2.25 bits per heavy atom. The molecule has 16 heavy (non-hydrogen) atoms. The van der Waals surface area contributed by atoms with E-state index in [0.29, 0.717) is 22.8 Å². The third-order valence-electron chi connectivity index (χ3n) is 2.50. The summed E-state index contributed by atoms with van der Waals surface area (Å²) in [6.07, 6.45) is -0.209. The molecule has 86 valence electrons. The van der Waals surface area contributed by atoms with Crippen LogP contribution in [0, 0.1) is 17.2 Å². The van der Waals surface area contributed by atoms with Crippen LogP contribution in [0.1, 0.15) is 25.0 Å². The molecule has 3 nitrogen and oxygen atoms in total. The van der Waals surface area contributed by atoms with Gasteiger partial charge in [0.1, 0.15) is 5.75 Å². The zero-order valence-electron chi connectivity index (χ0n) is 9.27. The molecule has 0 aliphatic heterocycles. The number of aliphatic hydroxyl groups excluding tert-OH is 1. The second-order valence-corrected chi connectivity index (χ2v) is 3.89. The van der Waals surface area contributed by atoms with Gasteiger partial charge in [0.15, 0.2) is 0 Å². The van der Waals surface area contributed by atoms with Crippen molar-refractivity contribution in [3.63, 3.8) is 0 Å². The first-order valence-corrected chi connectivity index (χ1v) is 5.43. The van der Waals surface area contributed by atoms with Crippen LogP contribution in [-0.4, -0.2) is 12.2 Å². The van der Waals surface area contributed by atoms with Crippen molar-refractivity contribution in [3.8, 4) is 11.8 Å². The van der Waals surface area contributed by atoms with Crippen LogP contribution >= 0.6 is 11.6 Å². The Balaban J connectivity index is 2.97. The van der Waals surface area contributed by atoms with E-state index in [2.05, 4.69) is 6.07 Å². The summed E-state index contributed by atoms with van der Waals surface area (Å²) in [6, 6.07) is 7.11. The number of methoxy groups -OCH3 is 1. The molecule has 0 amide bonds. The Kier molecular flexibility index (Phi) is 4.60. The minimum atomic E-state index is -0.807. The first kappa shape index (κ1) is 12.8. The summed E-state index contributed by atoms with van der Waals surface area (Å²) in [5.74, 6) is 0.145. The van der Waals surface area contributed by atoms with Gasteiger partial charge >= 0.3 is 0 Å². The summed E-state index contributed by atoms with van der Waals surface area (Å²) in [4.78, 5) is 0. The monoisotopic (exact) mass is 239 g/mol. The van der Waals surface area contributed by atoms with Gasteiger partial charge in [-0.3, -0.25) is 0 Å². The van der Waals surface area contributed by atoms with Crippen LogP contribution in [0.4, 0.5) is 0 Å².